The van der Waals surface area contributed by atoms with Gasteiger partial charge in [0.25, 0.3) is 0 Å². The molecule has 2 aromatic rings. The van der Waals surface area contributed by atoms with Gasteiger partial charge in [0.15, 0.2) is 0 Å². The van der Waals surface area contributed by atoms with Crippen LogP contribution in [0.25, 0.3) is 0 Å². The molecule has 1 aromatic heterocycles. The number of nitrogens with one attached hydrogen (secondary N) is 1. The van der Waals surface area contributed by atoms with Crippen LogP contribution in [0.5, 0.6) is 0 Å². The lowest BCUT2D eigenvalue weighted by molar-refractivity contribution is -0.137. The van der Waals surface area contributed by atoms with Crippen LogP contribution in [-0.4, -0.2) is 47.7 Å². The molecule has 0 radical (unpaired) electrons. The highest BCUT2D eigenvalue weighted by Crippen LogP contribution is 2.24. The zero-order valence-corrected chi connectivity index (χ0v) is 17.2. The van der Waals surface area contributed by atoms with Gasteiger partial charge in [-0.1, -0.05) is 23.7 Å². The number of hydrogen-bond donors (Lipinski definition) is 1. The van der Waals surface area contributed by atoms with E-state index in [9.17, 15) is 14.4 Å². The average Bonchev–Trinajstić information content (AvgIpc) is 3.15. The second kappa shape index (κ2) is 9.21. The number of nitrogens with zero attached hydrogens (tertiary/aromatic N) is 2. The summed E-state index contributed by atoms with van der Waals surface area (Å²) in [4.78, 5) is 41.3. The van der Waals surface area contributed by atoms with Crippen LogP contribution in [0.2, 0.25) is 5.02 Å². The third-order valence-electron chi connectivity index (χ3n) is 4.67. The highest BCUT2D eigenvalue weighted by atomic mass is 35.5. The summed E-state index contributed by atoms with van der Waals surface area (Å²) in [5.41, 5.74) is 1.70. The van der Waals surface area contributed by atoms with Crippen molar-refractivity contribution in [3.8, 4) is 0 Å². The number of amides is 3. The smallest absolute Gasteiger partial charge is 0.244 e. The van der Waals surface area contributed by atoms with Gasteiger partial charge in [-0.2, -0.15) is 0 Å². The van der Waals surface area contributed by atoms with E-state index in [0.717, 1.165) is 6.42 Å². The Hall–Kier alpha value is -2.38. The summed E-state index contributed by atoms with van der Waals surface area (Å²) >= 11 is 7.74. The number of benzene rings is 1. The lowest BCUT2D eigenvalue weighted by Gasteiger charge is -2.27. The summed E-state index contributed by atoms with van der Waals surface area (Å²) in [6, 6.07) is 8.96. The van der Waals surface area contributed by atoms with Crippen LogP contribution in [0.3, 0.4) is 0 Å². The maximum Gasteiger partial charge on any atom is 0.244 e. The Kier molecular flexibility index (Phi) is 6.70. The van der Waals surface area contributed by atoms with Crippen molar-refractivity contribution in [2.75, 3.05) is 25.5 Å². The molecule has 148 valence electrons. The topological polar surface area (TPSA) is 69.7 Å². The van der Waals surface area contributed by atoms with Crippen LogP contribution in [-0.2, 0) is 27.3 Å². The number of para-hydroxylation sites is 1. The van der Waals surface area contributed by atoms with Gasteiger partial charge in [-0.3, -0.25) is 14.4 Å². The zero-order chi connectivity index (χ0) is 20.1. The number of anilines is 1. The first kappa shape index (κ1) is 20.4. The molecule has 0 unspecified atom stereocenters. The van der Waals surface area contributed by atoms with Crippen LogP contribution in [0.4, 0.5) is 5.69 Å². The molecule has 0 aliphatic carbocycles. The van der Waals surface area contributed by atoms with Crippen molar-refractivity contribution in [3.63, 3.8) is 0 Å². The fourth-order valence-electron chi connectivity index (χ4n) is 3.08. The van der Waals surface area contributed by atoms with E-state index in [4.69, 9.17) is 11.6 Å². The first-order chi connectivity index (χ1) is 13.4. The molecule has 2 heterocycles. The van der Waals surface area contributed by atoms with Crippen LogP contribution in [0.15, 0.2) is 35.7 Å². The zero-order valence-electron chi connectivity index (χ0n) is 15.6. The van der Waals surface area contributed by atoms with Gasteiger partial charge in [-0.15, -0.1) is 11.3 Å². The van der Waals surface area contributed by atoms with E-state index in [1.807, 2.05) is 5.38 Å². The standard InChI is InChI=1S/C20H22ClN3O3S/c1-23(13-18(25)22-16-5-3-2-4-15(16)21)19(26)6-7-20(27)24-10-8-17-14(12-24)9-11-28-17/h2-5,9,11H,6-8,10,12-13H2,1H3,(H,22,25). The van der Waals surface area contributed by atoms with Gasteiger partial charge in [0.1, 0.15) is 0 Å². The van der Waals surface area contributed by atoms with E-state index in [0.29, 0.717) is 23.8 Å². The molecule has 0 atom stereocenters. The highest BCUT2D eigenvalue weighted by molar-refractivity contribution is 7.10. The first-order valence-corrected chi connectivity index (χ1v) is 10.3. The third-order valence-corrected chi connectivity index (χ3v) is 6.02. The molecule has 0 bridgehead atoms. The van der Waals surface area contributed by atoms with E-state index in [1.165, 1.54) is 15.3 Å². The van der Waals surface area contributed by atoms with Crippen LogP contribution in [0.1, 0.15) is 23.3 Å². The van der Waals surface area contributed by atoms with Crippen molar-refractivity contribution in [3.05, 3.63) is 51.2 Å². The molecular weight excluding hydrogens is 398 g/mol. The Balaban J connectivity index is 1.43. The number of hydrogen-bond acceptors (Lipinski definition) is 4. The van der Waals surface area contributed by atoms with Gasteiger partial charge in [0, 0.05) is 37.9 Å². The van der Waals surface area contributed by atoms with Gasteiger partial charge in [0.2, 0.25) is 17.7 Å². The molecule has 1 aliphatic rings. The van der Waals surface area contributed by atoms with Crippen LogP contribution in [0, 0.1) is 0 Å². The molecule has 3 rings (SSSR count). The van der Waals surface area contributed by atoms with Crippen molar-refractivity contribution in [2.24, 2.45) is 0 Å². The number of halogens is 1. The predicted molar refractivity (Wildman–Crippen MR) is 110 cm³/mol. The molecule has 0 spiro atoms. The van der Waals surface area contributed by atoms with E-state index in [-0.39, 0.29) is 37.1 Å². The first-order valence-electron chi connectivity index (χ1n) is 9.05. The van der Waals surface area contributed by atoms with Gasteiger partial charge >= 0.3 is 0 Å². The minimum absolute atomic E-state index is 0.0286. The molecule has 1 aromatic carbocycles. The molecular formula is C20H22ClN3O3S. The summed E-state index contributed by atoms with van der Waals surface area (Å²) in [7, 11) is 1.55. The number of carbonyl (C=O) groups is 3. The summed E-state index contributed by atoms with van der Waals surface area (Å²) in [6.45, 7) is 1.21. The van der Waals surface area contributed by atoms with Gasteiger partial charge < -0.3 is 15.1 Å². The summed E-state index contributed by atoms with van der Waals surface area (Å²) in [5.74, 6) is -0.605. The van der Waals surface area contributed by atoms with E-state index < -0.39 is 0 Å². The molecule has 28 heavy (non-hydrogen) atoms. The normalized spacial score (nSPS) is 13.0. The number of rotatable bonds is 6. The molecule has 1 N–H and O–H groups in total. The number of thiophene rings is 1. The fraction of sp³-hybridized carbons (Fsp3) is 0.350. The third kappa shape index (κ3) is 5.11. The quantitative estimate of drug-likeness (QED) is 0.781. The summed E-state index contributed by atoms with van der Waals surface area (Å²) < 4.78 is 0. The van der Waals surface area contributed by atoms with E-state index in [1.54, 1.807) is 47.5 Å². The van der Waals surface area contributed by atoms with Crippen molar-refractivity contribution < 1.29 is 14.4 Å². The molecule has 0 fully saturated rings. The molecule has 6 nitrogen and oxygen atoms in total. The highest BCUT2D eigenvalue weighted by Gasteiger charge is 2.22. The average molecular weight is 420 g/mol. The second-order valence-corrected chi connectivity index (χ2v) is 8.12. The molecule has 1 aliphatic heterocycles. The molecule has 0 saturated heterocycles. The van der Waals surface area contributed by atoms with Crippen LogP contribution >= 0.6 is 22.9 Å². The molecule has 3 amide bonds. The van der Waals surface area contributed by atoms with Crippen molar-refractivity contribution in [1.29, 1.82) is 0 Å². The Bertz CT molecular complexity index is 883. The Morgan fingerprint density at radius 3 is 2.79 bits per heavy atom. The van der Waals surface area contributed by atoms with Crippen molar-refractivity contribution in [1.82, 2.24) is 9.80 Å². The minimum atomic E-state index is -0.337. The maximum absolute atomic E-state index is 12.4. The number of fused-ring (bicyclic) bond motifs is 1. The predicted octanol–water partition coefficient (Wildman–Crippen LogP) is 3.16. The van der Waals surface area contributed by atoms with Gasteiger partial charge in [-0.25, -0.2) is 0 Å². The van der Waals surface area contributed by atoms with E-state index >= 15 is 0 Å². The molecule has 0 saturated carbocycles. The van der Waals surface area contributed by atoms with Gasteiger partial charge in [0.05, 0.1) is 17.3 Å². The summed E-state index contributed by atoms with van der Waals surface area (Å²) in [6.07, 6.45) is 1.10. The Morgan fingerprint density at radius 2 is 2.00 bits per heavy atom. The lowest BCUT2D eigenvalue weighted by Crippen LogP contribution is -2.38. The minimum Gasteiger partial charge on any atom is -0.338 e. The lowest BCUT2D eigenvalue weighted by atomic mass is 10.1. The van der Waals surface area contributed by atoms with E-state index in [2.05, 4.69) is 11.4 Å². The van der Waals surface area contributed by atoms with Crippen LogP contribution < -0.4 is 5.32 Å². The largest absolute Gasteiger partial charge is 0.338 e. The SMILES string of the molecule is CN(CC(=O)Nc1ccccc1Cl)C(=O)CCC(=O)N1CCc2sccc2C1. The van der Waals surface area contributed by atoms with Gasteiger partial charge in [-0.05, 0) is 35.6 Å². The Labute approximate surface area is 173 Å². The number of carbonyl (C=O) groups excluding carboxylic acids is 3. The monoisotopic (exact) mass is 419 g/mol. The summed E-state index contributed by atoms with van der Waals surface area (Å²) in [5, 5.41) is 5.16. The fourth-order valence-corrected chi connectivity index (χ4v) is 4.15. The van der Waals surface area contributed by atoms with Crippen molar-refractivity contribution >= 4 is 46.3 Å². The van der Waals surface area contributed by atoms with Crippen molar-refractivity contribution in [2.45, 2.75) is 25.8 Å². The molecule has 8 heteroatoms. The number of likely N-dealkylation sites (N-methyl/N-ethyl adjacent to an activating group) is 1. The maximum atomic E-state index is 12.4. The Morgan fingerprint density at radius 1 is 1.21 bits per heavy atom. The second-order valence-electron chi connectivity index (χ2n) is 6.71.